The van der Waals surface area contributed by atoms with Crippen molar-refractivity contribution in [2.24, 2.45) is 7.05 Å². The van der Waals surface area contributed by atoms with Crippen LogP contribution in [-0.4, -0.2) is 21.5 Å². The predicted molar refractivity (Wildman–Crippen MR) is 76.9 cm³/mol. The largest absolute Gasteiger partial charge is 0.334 e. The van der Waals surface area contributed by atoms with E-state index in [1.54, 1.807) is 0 Å². The molecule has 0 saturated heterocycles. The van der Waals surface area contributed by atoms with E-state index in [0.29, 0.717) is 6.04 Å². The Hall–Kier alpha value is -1.13. The third kappa shape index (κ3) is 2.49. The lowest BCUT2D eigenvalue weighted by Gasteiger charge is -2.23. The zero-order valence-corrected chi connectivity index (χ0v) is 12.6. The Labute approximate surface area is 113 Å². The zero-order valence-electron chi connectivity index (χ0n) is 11.8. The lowest BCUT2D eigenvalue weighted by atomic mass is 10.2. The highest BCUT2D eigenvalue weighted by Gasteiger charge is 2.16. The minimum atomic E-state index is 0.433. The monoisotopic (exact) mass is 263 g/mol. The van der Waals surface area contributed by atoms with Crippen molar-refractivity contribution >= 4 is 11.3 Å². The van der Waals surface area contributed by atoms with Crippen LogP contribution in [0.5, 0.6) is 0 Å². The van der Waals surface area contributed by atoms with Crippen molar-refractivity contribution in [3.8, 4) is 0 Å². The third-order valence-corrected chi connectivity index (χ3v) is 4.76. The summed E-state index contributed by atoms with van der Waals surface area (Å²) in [6.07, 6.45) is 0. The van der Waals surface area contributed by atoms with E-state index in [-0.39, 0.29) is 0 Å². The maximum atomic E-state index is 4.64. The second-order valence-electron chi connectivity index (χ2n) is 4.86. The molecule has 1 unspecified atom stereocenters. The van der Waals surface area contributed by atoms with Crippen molar-refractivity contribution in [3.05, 3.63) is 39.6 Å². The molecule has 0 spiro atoms. The van der Waals surface area contributed by atoms with Gasteiger partial charge in [0, 0.05) is 23.7 Å². The molecule has 0 amide bonds. The summed E-state index contributed by atoms with van der Waals surface area (Å²) in [6.45, 7) is 7.31. The summed E-state index contributed by atoms with van der Waals surface area (Å²) in [7, 11) is 4.25. The van der Waals surface area contributed by atoms with Gasteiger partial charge < -0.3 is 4.57 Å². The van der Waals surface area contributed by atoms with Crippen molar-refractivity contribution in [2.45, 2.75) is 33.4 Å². The van der Waals surface area contributed by atoms with Crippen molar-refractivity contribution in [1.82, 2.24) is 14.5 Å². The van der Waals surface area contributed by atoms with Gasteiger partial charge in [0.05, 0.1) is 12.2 Å². The Kier molecular flexibility index (Phi) is 3.88. The molecule has 18 heavy (non-hydrogen) atoms. The normalized spacial score (nSPS) is 13.2. The minimum Gasteiger partial charge on any atom is -0.334 e. The van der Waals surface area contributed by atoms with E-state index < -0.39 is 0 Å². The number of rotatable bonds is 4. The van der Waals surface area contributed by atoms with E-state index in [1.807, 2.05) is 11.3 Å². The van der Waals surface area contributed by atoms with Crippen LogP contribution >= 0.6 is 11.3 Å². The molecule has 0 radical (unpaired) electrons. The van der Waals surface area contributed by atoms with E-state index in [2.05, 4.69) is 66.8 Å². The molecule has 3 nitrogen and oxygen atoms in total. The summed E-state index contributed by atoms with van der Waals surface area (Å²) in [6, 6.07) is 4.74. The van der Waals surface area contributed by atoms with Crippen LogP contribution in [0.3, 0.4) is 0 Å². The molecule has 2 aromatic rings. The van der Waals surface area contributed by atoms with Gasteiger partial charge in [-0.2, -0.15) is 0 Å². The second-order valence-corrected chi connectivity index (χ2v) is 5.84. The summed E-state index contributed by atoms with van der Waals surface area (Å²) >= 11 is 1.81. The maximum Gasteiger partial charge on any atom is 0.123 e. The van der Waals surface area contributed by atoms with Gasteiger partial charge >= 0.3 is 0 Å². The molecule has 0 fully saturated rings. The molecule has 0 aliphatic heterocycles. The van der Waals surface area contributed by atoms with Crippen LogP contribution in [0.2, 0.25) is 0 Å². The quantitative estimate of drug-likeness (QED) is 0.844. The molecule has 1 atom stereocenters. The summed E-state index contributed by atoms with van der Waals surface area (Å²) in [5.74, 6) is 1.14. The van der Waals surface area contributed by atoms with Gasteiger partial charge in [0.15, 0.2) is 0 Å². The SMILES string of the molecule is Cc1nc(CN(C)C(C)c2cccs2)n(C)c1C. The summed E-state index contributed by atoms with van der Waals surface area (Å²) in [5.41, 5.74) is 2.38. The highest BCUT2D eigenvalue weighted by atomic mass is 32.1. The topological polar surface area (TPSA) is 21.1 Å². The number of thiophene rings is 1. The Bertz CT molecular complexity index is 513. The molecule has 0 saturated carbocycles. The van der Waals surface area contributed by atoms with E-state index in [9.17, 15) is 0 Å². The molecule has 2 aromatic heterocycles. The summed E-state index contributed by atoms with van der Waals surface area (Å²) in [5, 5.41) is 2.13. The third-order valence-electron chi connectivity index (χ3n) is 3.72. The maximum absolute atomic E-state index is 4.64. The van der Waals surface area contributed by atoms with Crippen molar-refractivity contribution < 1.29 is 0 Å². The fourth-order valence-corrected chi connectivity index (χ4v) is 2.88. The van der Waals surface area contributed by atoms with Gasteiger partial charge in [-0.05, 0) is 39.3 Å². The molecule has 2 heterocycles. The lowest BCUT2D eigenvalue weighted by molar-refractivity contribution is 0.247. The van der Waals surface area contributed by atoms with Crippen LogP contribution in [0.4, 0.5) is 0 Å². The second kappa shape index (κ2) is 5.24. The molecule has 2 rings (SSSR count). The highest BCUT2D eigenvalue weighted by Crippen LogP contribution is 2.24. The van der Waals surface area contributed by atoms with Crippen molar-refractivity contribution in [2.75, 3.05) is 7.05 Å². The lowest BCUT2D eigenvalue weighted by Crippen LogP contribution is -2.23. The molecule has 4 heteroatoms. The summed E-state index contributed by atoms with van der Waals surface area (Å²) in [4.78, 5) is 8.38. The molecule has 98 valence electrons. The first-order chi connectivity index (χ1) is 8.50. The van der Waals surface area contributed by atoms with Crippen LogP contribution in [0.25, 0.3) is 0 Å². The first kappa shape index (κ1) is 13.3. The Morgan fingerprint density at radius 3 is 2.67 bits per heavy atom. The van der Waals surface area contributed by atoms with Crippen LogP contribution in [0.15, 0.2) is 17.5 Å². The van der Waals surface area contributed by atoms with Crippen molar-refractivity contribution in [1.29, 1.82) is 0 Å². The standard InChI is InChI=1S/C14H21N3S/c1-10-11(2)17(5)14(15-10)9-16(4)12(3)13-7-6-8-18-13/h6-8,12H,9H2,1-5H3. The van der Waals surface area contributed by atoms with Gasteiger partial charge in [-0.15, -0.1) is 11.3 Å². The van der Waals surface area contributed by atoms with E-state index in [1.165, 1.54) is 10.6 Å². The number of hydrogen-bond acceptors (Lipinski definition) is 3. The molecular formula is C14H21N3S. The van der Waals surface area contributed by atoms with E-state index in [0.717, 1.165) is 18.1 Å². The molecule has 0 aliphatic carbocycles. The number of aryl methyl sites for hydroxylation is 1. The van der Waals surface area contributed by atoms with E-state index in [4.69, 9.17) is 0 Å². The van der Waals surface area contributed by atoms with Crippen LogP contribution < -0.4 is 0 Å². The number of aromatic nitrogens is 2. The zero-order chi connectivity index (χ0) is 13.3. The number of nitrogens with zero attached hydrogens (tertiary/aromatic N) is 3. The molecule has 0 bridgehead atoms. The van der Waals surface area contributed by atoms with Crippen LogP contribution in [0.1, 0.15) is 35.1 Å². The van der Waals surface area contributed by atoms with Gasteiger partial charge in [-0.3, -0.25) is 4.90 Å². The van der Waals surface area contributed by atoms with Gasteiger partial charge in [0.2, 0.25) is 0 Å². The van der Waals surface area contributed by atoms with Crippen LogP contribution in [0, 0.1) is 13.8 Å². The minimum absolute atomic E-state index is 0.433. The number of hydrogen-bond donors (Lipinski definition) is 0. The average molecular weight is 263 g/mol. The van der Waals surface area contributed by atoms with Gasteiger partial charge in [0.1, 0.15) is 5.82 Å². The Morgan fingerprint density at radius 2 is 2.17 bits per heavy atom. The van der Waals surface area contributed by atoms with Gasteiger partial charge in [-0.1, -0.05) is 6.07 Å². The first-order valence-corrected chi connectivity index (χ1v) is 7.11. The van der Waals surface area contributed by atoms with E-state index >= 15 is 0 Å². The molecular weight excluding hydrogens is 242 g/mol. The first-order valence-electron chi connectivity index (χ1n) is 6.23. The smallest absolute Gasteiger partial charge is 0.123 e. The fraction of sp³-hybridized carbons (Fsp3) is 0.500. The molecule has 0 N–H and O–H groups in total. The average Bonchev–Trinajstić information content (AvgIpc) is 2.94. The molecule has 0 aromatic carbocycles. The van der Waals surface area contributed by atoms with Gasteiger partial charge in [0.25, 0.3) is 0 Å². The highest BCUT2D eigenvalue weighted by molar-refractivity contribution is 7.10. The van der Waals surface area contributed by atoms with Crippen molar-refractivity contribution in [3.63, 3.8) is 0 Å². The Morgan fingerprint density at radius 1 is 1.44 bits per heavy atom. The summed E-state index contributed by atoms with van der Waals surface area (Å²) < 4.78 is 2.19. The number of imidazole rings is 1. The molecule has 0 aliphatic rings. The van der Waals surface area contributed by atoms with Gasteiger partial charge in [-0.25, -0.2) is 4.98 Å². The fourth-order valence-electron chi connectivity index (χ4n) is 2.03. The van der Waals surface area contributed by atoms with Crippen LogP contribution in [-0.2, 0) is 13.6 Å². The Balaban J connectivity index is 2.11. The predicted octanol–water partition coefficient (Wildman–Crippen LogP) is 3.29.